The first-order valence-electron chi connectivity index (χ1n) is 6.41. The van der Waals surface area contributed by atoms with Crippen LogP contribution in [0.5, 0.6) is 0 Å². The molecule has 0 saturated heterocycles. The second kappa shape index (κ2) is 8.59. The summed E-state index contributed by atoms with van der Waals surface area (Å²) >= 11 is 0. The van der Waals surface area contributed by atoms with Gasteiger partial charge < -0.3 is 16.2 Å². The minimum atomic E-state index is -1.00. The number of rotatable bonds is 6. The Kier molecular flexibility index (Phi) is 6.69. The molecule has 20 heavy (non-hydrogen) atoms. The molecule has 1 aromatic carbocycles. The van der Waals surface area contributed by atoms with Crippen LogP contribution in [0.1, 0.15) is 30.4 Å². The van der Waals surface area contributed by atoms with Gasteiger partial charge in [-0.3, -0.25) is 4.79 Å². The summed E-state index contributed by atoms with van der Waals surface area (Å²) in [5.41, 5.74) is 7.03. The smallest absolute Gasteiger partial charge is 0.404 e. The van der Waals surface area contributed by atoms with E-state index in [0.717, 1.165) is 24.0 Å². The van der Waals surface area contributed by atoms with E-state index in [4.69, 9.17) is 10.8 Å². The predicted octanol–water partition coefficient (Wildman–Crippen LogP) is 1.50. The molecule has 106 valence electrons. The molecule has 0 aliphatic carbocycles. The molecule has 1 rings (SSSR count). The Morgan fingerprint density at radius 2 is 2.15 bits per heavy atom. The highest BCUT2D eigenvalue weighted by Crippen LogP contribution is 2.06. The average molecular weight is 274 g/mol. The number of primary amides is 1. The molecule has 0 radical (unpaired) electrons. The molecular weight excluding hydrogens is 256 g/mol. The van der Waals surface area contributed by atoms with E-state index < -0.39 is 6.09 Å². The third kappa shape index (κ3) is 7.07. The van der Waals surface area contributed by atoms with Gasteiger partial charge in [0.05, 0.1) is 0 Å². The summed E-state index contributed by atoms with van der Waals surface area (Å²) in [6, 6.07) is 7.77. The van der Waals surface area contributed by atoms with E-state index in [9.17, 15) is 9.59 Å². The lowest BCUT2D eigenvalue weighted by molar-refractivity contribution is -0.117. The van der Waals surface area contributed by atoms with Gasteiger partial charge in [-0.05, 0) is 30.5 Å². The Morgan fingerprint density at radius 3 is 2.85 bits per heavy atom. The van der Waals surface area contributed by atoms with Gasteiger partial charge in [0.1, 0.15) is 0 Å². The van der Waals surface area contributed by atoms with Crippen LogP contribution in [0.2, 0.25) is 0 Å². The number of carbonyl (C=O) groups excluding carboxylic acids is 1. The van der Waals surface area contributed by atoms with Gasteiger partial charge in [0.25, 0.3) is 0 Å². The molecule has 0 saturated carbocycles. The zero-order chi connectivity index (χ0) is 14.8. The van der Waals surface area contributed by atoms with Gasteiger partial charge in [0, 0.05) is 24.9 Å². The molecule has 0 atom stereocenters. The van der Waals surface area contributed by atoms with Gasteiger partial charge >= 0.3 is 6.09 Å². The molecule has 0 heterocycles. The number of hydrogen-bond donors (Lipinski definition) is 3. The highest BCUT2D eigenvalue weighted by molar-refractivity contribution is 5.74. The van der Waals surface area contributed by atoms with E-state index in [1.165, 1.54) is 0 Å². The first kappa shape index (κ1) is 15.6. The lowest BCUT2D eigenvalue weighted by Gasteiger charge is -2.02. The Bertz CT molecular complexity index is 529. The van der Waals surface area contributed by atoms with Crippen LogP contribution in [0.25, 0.3) is 0 Å². The van der Waals surface area contributed by atoms with Crippen LogP contribution < -0.4 is 11.1 Å². The Hall–Kier alpha value is -2.48. The van der Waals surface area contributed by atoms with Gasteiger partial charge in [-0.15, -0.1) is 0 Å². The standard InChI is InChI=1S/C15H18N2O3/c16-14(18)9-2-1-5-12-6-3-7-13(11-12)8-4-10-17-15(19)20/h3,6-7,11,17H,2,4,8-10H2,(H2,16,18)(H,19,20). The summed E-state index contributed by atoms with van der Waals surface area (Å²) < 4.78 is 0. The summed E-state index contributed by atoms with van der Waals surface area (Å²) in [5.74, 6) is 5.53. The van der Waals surface area contributed by atoms with Gasteiger partial charge in [-0.2, -0.15) is 0 Å². The summed E-state index contributed by atoms with van der Waals surface area (Å²) in [6.07, 6.45) is 1.26. The Balaban J connectivity index is 2.44. The van der Waals surface area contributed by atoms with Gasteiger partial charge in [-0.1, -0.05) is 24.0 Å². The summed E-state index contributed by atoms with van der Waals surface area (Å²) in [6.45, 7) is 0.434. The topological polar surface area (TPSA) is 92.4 Å². The van der Waals surface area contributed by atoms with Crippen LogP contribution in [0.4, 0.5) is 4.79 Å². The van der Waals surface area contributed by atoms with Crippen molar-refractivity contribution in [3.05, 3.63) is 35.4 Å². The molecule has 0 aliphatic heterocycles. The monoisotopic (exact) mass is 274 g/mol. The normalized spacial score (nSPS) is 9.40. The zero-order valence-corrected chi connectivity index (χ0v) is 11.2. The van der Waals surface area contributed by atoms with E-state index in [-0.39, 0.29) is 12.3 Å². The fourth-order valence-corrected chi connectivity index (χ4v) is 1.64. The minimum Gasteiger partial charge on any atom is -0.465 e. The molecule has 0 bridgehead atoms. The number of hydrogen-bond acceptors (Lipinski definition) is 2. The number of carbonyl (C=O) groups is 2. The van der Waals surface area contributed by atoms with Gasteiger partial charge in [0.2, 0.25) is 5.91 Å². The SMILES string of the molecule is NC(=O)CCC#Cc1cccc(CCCNC(=O)O)c1. The number of carboxylic acid groups (broad SMARTS) is 1. The van der Waals surface area contributed by atoms with Crippen molar-refractivity contribution in [2.24, 2.45) is 5.73 Å². The van der Waals surface area contributed by atoms with E-state index >= 15 is 0 Å². The van der Waals surface area contributed by atoms with Crippen LogP contribution in [-0.2, 0) is 11.2 Å². The molecule has 1 aromatic rings. The van der Waals surface area contributed by atoms with Crippen molar-refractivity contribution in [3.63, 3.8) is 0 Å². The van der Waals surface area contributed by atoms with E-state index in [1.807, 2.05) is 24.3 Å². The maximum atomic E-state index is 10.6. The molecule has 0 spiro atoms. The average Bonchev–Trinajstić information content (AvgIpc) is 2.40. The molecule has 0 aliphatic rings. The third-order valence-corrected chi connectivity index (χ3v) is 2.57. The van der Waals surface area contributed by atoms with Crippen LogP contribution in [0.3, 0.4) is 0 Å². The van der Waals surface area contributed by atoms with Crippen molar-refractivity contribution in [2.75, 3.05) is 6.54 Å². The Morgan fingerprint density at radius 1 is 1.35 bits per heavy atom. The fourth-order valence-electron chi connectivity index (χ4n) is 1.64. The van der Waals surface area contributed by atoms with Crippen molar-refractivity contribution in [1.82, 2.24) is 5.32 Å². The summed E-state index contributed by atoms with van der Waals surface area (Å²) in [5, 5.41) is 10.8. The van der Waals surface area contributed by atoms with Crippen LogP contribution >= 0.6 is 0 Å². The van der Waals surface area contributed by atoms with Crippen LogP contribution in [0.15, 0.2) is 24.3 Å². The number of nitrogens with one attached hydrogen (secondary N) is 1. The molecule has 0 unspecified atom stereocenters. The Labute approximate surface area is 118 Å². The van der Waals surface area contributed by atoms with Crippen molar-refractivity contribution in [1.29, 1.82) is 0 Å². The fraction of sp³-hybridized carbons (Fsp3) is 0.333. The van der Waals surface area contributed by atoms with E-state index in [0.29, 0.717) is 13.0 Å². The lowest BCUT2D eigenvalue weighted by Crippen LogP contribution is -2.22. The molecule has 4 N–H and O–H groups in total. The van der Waals surface area contributed by atoms with Crippen molar-refractivity contribution >= 4 is 12.0 Å². The highest BCUT2D eigenvalue weighted by Gasteiger charge is 1.97. The van der Waals surface area contributed by atoms with Gasteiger partial charge in [0.15, 0.2) is 0 Å². The van der Waals surface area contributed by atoms with Crippen LogP contribution in [0, 0.1) is 11.8 Å². The molecule has 2 amide bonds. The number of benzene rings is 1. The predicted molar refractivity (Wildman–Crippen MR) is 76.1 cm³/mol. The molecule has 5 heteroatoms. The number of amides is 2. The van der Waals surface area contributed by atoms with E-state index in [2.05, 4.69) is 17.2 Å². The largest absolute Gasteiger partial charge is 0.465 e. The second-order valence-corrected chi connectivity index (χ2v) is 4.30. The third-order valence-electron chi connectivity index (χ3n) is 2.57. The number of aryl methyl sites for hydroxylation is 1. The van der Waals surface area contributed by atoms with Crippen molar-refractivity contribution in [2.45, 2.75) is 25.7 Å². The second-order valence-electron chi connectivity index (χ2n) is 4.30. The van der Waals surface area contributed by atoms with E-state index in [1.54, 1.807) is 0 Å². The van der Waals surface area contributed by atoms with Crippen molar-refractivity contribution in [3.8, 4) is 11.8 Å². The first-order valence-corrected chi connectivity index (χ1v) is 6.41. The van der Waals surface area contributed by atoms with Crippen molar-refractivity contribution < 1.29 is 14.7 Å². The van der Waals surface area contributed by atoms with Gasteiger partial charge in [-0.25, -0.2) is 4.79 Å². The minimum absolute atomic E-state index is 0.271. The van der Waals surface area contributed by atoms with Crippen LogP contribution in [-0.4, -0.2) is 23.7 Å². The summed E-state index contributed by atoms with van der Waals surface area (Å²) in [7, 11) is 0. The molecule has 0 aromatic heterocycles. The zero-order valence-electron chi connectivity index (χ0n) is 11.2. The maximum absolute atomic E-state index is 10.6. The molecular formula is C15H18N2O3. The maximum Gasteiger partial charge on any atom is 0.404 e. The molecule has 0 fully saturated rings. The highest BCUT2D eigenvalue weighted by atomic mass is 16.4. The number of nitrogens with two attached hydrogens (primary N) is 1. The summed E-state index contributed by atoms with van der Waals surface area (Å²) in [4.78, 5) is 20.9. The lowest BCUT2D eigenvalue weighted by atomic mass is 10.1. The molecule has 5 nitrogen and oxygen atoms in total. The first-order chi connectivity index (χ1) is 9.58. The quantitative estimate of drug-likeness (QED) is 0.542.